The van der Waals surface area contributed by atoms with Crippen molar-refractivity contribution < 1.29 is 4.79 Å². The lowest BCUT2D eigenvalue weighted by atomic mass is 10.0. The number of nitrogens with one attached hydrogen (secondary N) is 1. The highest BCUT2D eigenvalue weighted by Gasteiger charge is 2.17. The van der Waals surface area contributed by atoms with E-state index in [0.29, 0.717) is 17.1 Å². The highest BCUT2D eigenvalue weighted by Crippen LogP contribution is 2.26. The highest BCUT2D eigenvalue weighted by molar-refractivity contribution is 6.30. The van der Waals surface area contributed by atoms with Crippen molar-refractivity contribution in [2.75, 3.05) is 0 Å². The molecule has 4 aromatic rings. The van der Waals surface area contributed by atoms with Crippen LogP contribution in [0, 0.1) is 0 Å². The molecule has 0 fully saturated rings. The molecular weight excluding hydrogens is 410 g/mol. The van der Waals surface area contributed by atoms with E-state index in [1.807, 2.05) is 54.6 Å². The lowest BCUT2D eigenvalue weighted by Gasteiger charge is -2.11. The number of para-hydroxylation sites is 1. The molecule has 0 radical (unpaired) electrons. The van der Waals surface area contributed by atoms with Gasteiger partial charge in [0.25, 0.3) is 5.91 Å². The van der Waals surface area contributed by atoms with Crippen molar-refractivity contribution in [2.24, 2.45) is 0 Å². The van der Waals surface area contributed by atoms with Gasteiger partial charge in [0.1, 0.15) is 5.82 Å². The average molecular weight is 432 g/mol. The number of amides is 1. The van der Waals surface area contributed by atoms with Gasteiger partial charge in [-0.05, 0) is 37.1 Å². The summed E-state index contributed by atoms with van der Waals surface area (Å²) in [4.78, 5) is 18.0. The number of benzene rings is 2. The first-order valence-electron chi connectivity index (χ1n) is 10.5. The van der Waals surface area contributed by atoms with Crippen LogP contribution in [0.5, 0.6) is 0 Å². The standard InChI is InChI=1S/C24H22ClN5O/c25-17-11-9-16(10-12-17)21-14-19(18-6-3-4-7-20(18)27-21)24(31)26-15-23-29-28-22-8-2-1-5-13-30(22)23/h3-4,6-7,9-12,14H,1-2,5,8,13,15H2,(H,26,31). The fourth-order valence-corrected chi connectivity index (χ4v) is 4.19. The van der Waals surface area contributed by atoms with E-state index in [4.69, 9.17) is 16.6 Å². The molecule has 0 unspecified atom stereocenters. The first kappa shape index (κ1) is 19.7. The van der Waals surface area contributed by atoms with Gasteiger partial charge in [0.2, 0.25) is 0 Å². The van der Waals surface area contributed by atoms with E-state index in [9.17, 15) is 4.79 Å². The molecule has 156 valence electrons. The maximum atomic E-state index is 13.2. The number of halogens is 1. The fraction of sp³-hybridized carbons (Fsp3) is 0.250. The van der Waals surface area contributed by atoms with Gasteiger partial charge < -0.3 is 9.88 Å². The third-order valence-corrected chi connectivity index (χ3v) is 5.95. The summed E-state index contributed by atoms with van der Waals surface area (Å²) in [5, 5.41) is 13.2. The van der Waals surface area contributed by atoms with Crippen molar-refractivity contribution in [3.8, 4) is 11.3 Å². The summed E-state index contributed by atoms with van der Waals surface area (Å²) < 4.78 is 2.15. The van der Waals surface area contributed by atoms with Crippen molar-refractivity contribution in [1.29, 1.82) is 0 Å². The summed E-state index contributed by atoms with van der Waals surface area (Å²) in [6, 6.07) is 17.0. The lowest BCUT2D eigenvalue weighted by molar-refractivity contribution is 0.0951. The largest absolute Gasteiger partial charge is 0.345 e. The molecule has 0 saturated carbocycles. The molecule has 0 aliphatic carbocycles. The van der Waals surface area contributed by atoms with Crippen LogP contribution in [-0.2, 0) is 19.5 Å². The SMILES string of the molecule is O=C(NCc1nnc2n1CCCCC2)c1cc(-c2ccc(Cl)cc2)nc2ccccc12. The number of hydrogen-bond acceptors (Lipinski definition) is 4. The molecule has 5 rings (SSSR count). The monoisotopic (exact) mass is 431 g/mol. The second-order valence-electron chi connectivity index (χ2n) is 7.76. The summed E-state index contributed by atoms with van der Waals surface area (Å²) in [5.41, 5.74) is 3.01. The second kappa shape index (κ2) is 8.47. The zero-order valence-electron chi connectivity index (χ0n) is 17.0. The Morgan fingerprint density at radius 3 is 2.74 bits per heavy atom. The highest BCUT2D eigenvalue weighted by atomic mass is 35.5. The number of nitrogens with zero attached hydrogens (tertiary/aromatic N) is 4. The second-order valence-corrected chi connectivity index (χ2v) is 8.19. The van der Waals surface area contributed by atoms with E-state index in [1.54, 1.807) is 0 Å². The molecular formula is C24H22ClN5O. The first-order valence-corrected chi connectivity index (χ1v) is 10.9. The molecule has 1 N–H and O–H groups in total. The number of hydrogen-bond donors (Lipinski definition) is 1. The molecule has 1 aliphatic rings. The van der Waals surface area contributed by atoms with Crippen LogP contribution in [0.3, 0.4) is 0 Å². The molecule has 0 spiro atoms. The quantitative estimate of drug-likeness (QED) is 0.503. The van der Waals surface area contributed by atoms with Gasteiger partial charge in [-0.3, -0.25) is 4.79 Å². The van der Waals surface area contributed by atoms with E-state index in [2.05, 4.69) is 20.1 Å². The van der Waals surface area contributed by atoms with Gasteiger partial charge in [0, 0.05) is 28.9 Å². The zero-order chi connectivity index (χ0) is 21.2. The number of fused-ring (bicyclic) bond motifs is 2. The maximum absolute atomic E-state index is 13.2. The van der Waals surface area contributed by atoms with Crippen LogP contribution in [0.25, 0.3) is 22.2 Å². The van der Waals surface area contributed by atoms with E-state index in [-0.39, 0.29) is 5.91 Å². The predicted octanol–water partition coefficient (Wildman–Crippen LogP) is 4.80. The Labute approximate surface area is 185 Å². The lowest BCUT2D eigenvalue weighted by Crippen LogP contribution is -2.25. The number of carbonyl (C=O) groups excluding carboxylic acids is 1. The van der Waals surface area contributed by atoms with Gasteiger partial charge in [-0.2, -0.15) is 0 Å². The fourth-order valence-electron chi connectivity index (χ4n) is 4.06. The van der Waals surface area contributed by atoms with Gasteiger partial charge in [-0.25, -0.2) is 4.98 Å². The normalized spacial score (nSPS) is 13.6. The van der Waals surface area contributed by atoms with Crippen LogP contribution in [0.4, 0.5) is 0 Å². The van der Waals surface area contributed by atoms with Gasteiger partial charge >= 0.3 is 0 Å². The van der Waals surface area contributed by atoms with Gasteiger partial charge in [-0.1, -0.05) is 48.4 Å². The maximum Gasteiger partial charge on any atom is 0.252 e. The summed E-state index contributed by atoms with van der Waals surface area (Å²) in [6.07, 6.45) is 4.40. The number of rotatable bonds is 4. The van der Waals surface area contributed by atoms with Crippen LogP contribution < -0.4 is 5.32 Å². The van der Waals surface area contributed by atoms with Crippen LogP contribution in [-0.4, -0.2) is 25.7 Å². The summed E-state index contributed by atoms with van der Waals surface area (Å²) >= 11 is 6.03. The molecule has 31 heavy (non-hydrogen) atoms. The van der Waals surface area contributed by atoms with Crippen LogP contribution in [0.2, 0.25) is 5.02 Å². The van der Waals surface area contributed by atoms with Crippen LogP contribution >= 0.6 is 11.6 Å². The summed E-state index contributed by atoms with van der Waals surface area (Å²) in [6.45, 7) is 1.26. The molecule has 1 aliphatic heterocycles. The minimum Gasteiger partial charge on any atom is -0.345 e. The summed E-state index contributed by atoms with van der Waals surface area (Å²) in [7, 11) is 0. The van der Waals surface area contributed by atoms with Crippen molar-refractivity contribution in [1.82, 2.24) is 25.1 Å². The van der Waals surface area contributed by atoms with Gasteiger partial charge in [-0.15, -0.1) is 10.2 Å². The molecule has 3 heterocycles. The van der Waals surface area contributed by atoms with Crippen LogP contribution in [0.15, 0.2) is 54.6 Å². The third kappa shape index (κ3) is 4.03. The number of aromatic nitrogens is 4. The molecule has 0 bridgehead atoms. The Balaban J connectivity index is 1.45. The smallest absolute Gasteiger partial charge is 0.252 e. The van der Waals surface area contributed by atoms with Crippen molar-refractivity contribution in [3.05, 3.63) is 76.8 Å². The van der Waals surface area contributed by atoms with E-state index in [1.165, 1.54) is 6.42 Å². The Kier molecular flexibility index (Phi) is 5.38. The molecule has 1 amide bonds. The zero-order valence-corrected chi connectivity index (χ0v) is 17.8. The van der Waals surface area contributed by atoms with E-state index < -0.39 is 0 Å². The van der Waals surface area contributed by atoms with E-state index in [0.717, 1.165) is 59.6 Å². The van der Waals surface area contributed by atoms with Gasteiger partial charge in [0.15, 0.2) is 5.82 Å². The number of carbonyl (C=O) groups is 1. The van der Waals surface area contributed by atoms with E-state index >= 15 is 0 Å². The topological polar surface area (TPSA) is 72.7 Å². The Hall–Kier alpha value is -3.25. The molecule has 0 atom stereocenters. The number of pyridine rings is 1. The first-order chi connectivity index (χ1) is 15.2. The summed E-state index contributed by atoms with van der Waals surface area (Å²) in [5.74, 6) is 1.67. The third-order valence-electron chi connectivity index (χ3n) is 5.69. The van der Waals surface area contributed by atoms with Crippen molar-refractivity contribution >= 4 is 28.4 Å². The van der Waals surface area contributed by atoms with Crippen molar-refractivity contribution in [3.63, 3.8) is 0 Å². The molecule has 7 heteroatoms. The predicted molar refractivity (Wildman–Crippen MR) is 121 cm³/mol. The van der Waals surface area contributed by atoms with Crippen molar-refractivity contribution in [2.45, 2.75) is 38.8 Å². The molecule has 2 aromatic carbocycles. The molecule has 2 aromatic heterocycles. The number of aryl methyl sites for hydroxylation is 1. The van der Waals surface area contributed by atoms with Gasteiger partial charge in [0.05, 0.1) is 23.3 Å². The minimum atomic E-state index is -0.153. The minimum absolute atomic E-state index is 0.153. The Bertz CT molecular complexity index is 1250. The van der Waals surface area contributed by atoms with Crippen LogP contribution in [0.1, 0.15) is 41.3 Å². The molecule has 0 saturated heterocycles. The Morgan fingerprint density at radius 1 is 1.03 bits per heavy atom. The molecule has 6 nitrogen and oxygen atoms in total. The Morgan fingerprint density at radius 2 is 1.87 bits per heavy atom. The average Bonchev–Trinajstić information content (AvgIpc) is 3.03.